The highest BCUT2D eigenvalue weighted by Crippen LogP contribution is 1.97. The van der Waals surface area contributed by atoms with E-state index in [0.717, 1.165) is 13.1 Å². The Morgan fingerprint density at radius 3 is 3.08 bits per heavy atom. The van der Waals surface area contributed by atoms with E-state index in [9.17, 15) is 4.79 Å². The molecule has 0 bridgehead atoms. The number of hydrogen-bond donors (Lipinski definition) is 2. The maximum atomic E-state index is 10.9. The van der Waals surface area contributed by atoms with Crippen LogP contribution in [0.25, 0.3) is 0 Å². The molecule has 1 aliphatic heterocycles. The van der Waals surface area contributed by atoms with E-state index in [2.05, 4.69) is 10.2 Å². The van der Waals surface area contributed by atoms with Gasteiger partial charge in [-0.25, -0.2) is 0 Å². The highest BCUT2D eigenvalue weighted by Gasteiger charge is 2.13. The number of nitrogens with zero attached hydrogens (tertiary/aromatic N) is 1. The monoisotopic (exact) mass is 172 g/mol. The molecule has 1 fully saturated rings. The molecule has 0 aromatic rings. The number of carbonyl (C=O) groups is 1. The average Bonchev–Trinajstić information content (AvgIpc) is 2.15. The van der Waals surface area contributed by atoms with Gasteiger partial charge < -0.3 is 10.4 Å². The minimum atomic E-state index is -0.307. The van der Waals surface area contributed by atoms with Gasteiger partial charge in [0.05, 0.1) is 6.10 Å². The quantitative estimate of drug-likeness (QED) is 0.573. The van der Waals surface area contributed by atoms with E-state index in [1.54, 1.807) is 6.92 Å². The molecule has 1 heterocycles. The number of rotatable bonds is 2. The summed E-state index contributed by atoms with van der Waals surface area (Å²) in [6, 6.07) is 0. The number of β-amino-alcohol motifs (C(OH)–C–C–N with tert-alkyl or cyclic N) is 1. The molecular weight excluding hydrogens is 156 g/mol. The topological polar surface area (TPSA) is 52.6 Å². The van der Waals surface area contributed by atoms with Gasteiger partial charge in [-0.3, -0.25) is 9.69 Å². The molecule has 1 atom stereocenters. The molecule has 1 rings (SSSR count). The molecular formula is C8H16N2O2. The molecule has 1 saturated heterocycles. The molecule has 2 N–H and O–H groups in total. The van der Waals surface area contributed by atoms with Crippen LogP contribution in [0.4, 0.5) is 0 Å². The van der Waals surface area contributed by atoms with Crippen molar-refractivity contribution >= 4 is 5.91 Å². The number of amides is 1. The van der Waals surface area contributed by atoms with Crippen molar-refractivity contribution in [1.82, 2.24) is 10.2 Å². The van der Waals surface area contributed by atoms with Crippen molar-refractivity contribution in [3.05, 3.63) is 0 Å². The summed E-state index contributed by atoms with van der Waals surface area (Å²) in [6.45, 7) is 4.73. The largest absolute Gasteiger partial charge is 0.392 e. The predicted octanol–water partition coefficient (Wildman–Crippen LogP) is -0.811. The second-order valence-corrected chi connectivity index (χ2v) is 3.25. The third-order valence-electron chi connectivity index (χ3n) is 1.93. The van der Waals surface area contributed by atoms with Gasteiger partial charge in [0.25, 0.3) is 0 Å². The fourth-order valence-electron chi connectivity index (χ4n) is 1.37. The van der Waals surface area contributed by atoms with Crippen LogP contribution in [0.5, 0.6) is 0 Å². The molecule has 4 nitrogen and oxygen atoms in total. The van der Waals surface area contributed by atoms with Gasteiger partial charge in [-0.15, -0.1) is 0 Å². The van der Waals surface area contributed by atoms with E-state index in [4.69, 9.17) is 5.11 Å². The lowest BCUT2D eigenvalue weighted by Crippen LogP contribution is -2.33. The molecule has 4 heteroatoms. The van der Waals surface area contributed by atoms with E-state index >= 15 is 0 Å². The van der Waals surface area contributed by atoms with Crippen molar-refractivity contribution in [2.24, 2.45) is 0 Å². The third-order valence-corrected chi connectivity index (χ3v) is 1.93. The summed E-state index contributed by atoms with van der Waals surface area (Å²) in [5.41, 5.74) is 0. The summed E-state index contributed by atoms with van der Waals surface area (Å²) in [6.07, 6.45) is 0.241. The normalized spacial score (nSPS) is 23.0. The van der Waals surface area contributed by atoms with Crippen LogP contribution >= 0.6 is 0 Å². The number of hydrogen-bond acceptors (Lipinski definition) is 3. The van der Waals surface area contributed by atoms with Crippen LogP contribution in [0.1, 0.15) is 13.3 Å². The van der Waals surface area contributed by atoms with Crippen molar-refractivity contribution < 1.29 is 9.90 Å². The number of aliphatic hydroxyl groups is 1. The summed E-state index contributed by atoms with van der Waals surface area (Å²) in [5, 5.41) is 11.9. The van der Waals surface area contributed by atoms with E-state index < -0.39 is 0 Å². The predicted molar refractivity (Wildman–Crippen MR) is 45.7 cm³/mol. The summed E-state index contributed by atoms with van der Waals surface area (Å²) in [5.74, 6) is 0.114. The molecule has 0 spiro atoms. The Labute approximate surface area is 72.6 Å². The first-order chi connectivity index (χ1) is 5.68. The van der Waals surface area contributed by atoms with Gasteiger partial charge in [0.2, 0.25) is 5.91 Å². The van der Waals surface area contributed by atoms with Gasteiger partial charge >= 0.3 is 0 Å². The van der Waals surface area contributed by atoms with Crippen molar-refractivity contribution in [3.63, 3.8) is 0 Å². The third kappa shape index (κ3) is 3.19. The van der Waals surface area contributed by atoms with E-state index in [0.29, 0.717) is 19.5 Å². The Morgan fingerprint density at radius 2 is 2.42 bits per heavy atom. The van der Waals surface area contributed by atoms with Gasteiger partial charge in [-0.2, -0.15) is 0 Å². The van der Waals surface area contributed by atoms with E-state index in [1.165, 1.54) is 0 Å². The van der Waals surface area contributed by atoms with Crippen LogP contribution in [-0.4, -0.2) is 48.2 Å². The molecule has 12 heavy (non-hydrogen) atoms. The first-order valence-electron chi connectivity index (χ1n) is 4.35. The highest BCUT2D eigenvalue weighted by molar-refractivity contribution is 5.76. The van der Waals surface area contributed by atoms with Crippen LogP contribution in [0, 0.1) is 0 Å². The second-order valence-electron chi connectivity index (χ2n) is 3.25. The maximum Gasteiger partial charge on any atom is 0.221 e. The Morgan fingerprint density at radius 1 is 1.67 bits per heavy atom. The number of nitrogens with one attached hydrogen (secondary N) is 1. The van der Waals surface area contributed by atoms with Gasteiger partial charge in [-0.05, 0) is 6.92 Å². The fourth-order valence-corrected chi connectivity index (χ4v) is 1.37. The summed E-state index contributed by atoms with van der Waals surface area (Å²) in [4.78, 5) is 13.0. The maximum absolute atomic E-state index is 10.9. The molecule has 0 aromatic heterocycles. The summed E-state index contributed by atoms with van der Waals surface area (Å²) in [7, 11) is 0. The molecule has 0 saturated carbocycles. The average molecular weight is 172 g/mol. The second kappa shape index (κ2) is 4.42. The van der Waals surface area contributed by atoms with E-state index in [-0.39, 0.29) is 12.0 Å². The van der Waals surface area contributed by atoms with Gasteiger partial charge in [0.15, 0.2) is 0 Å². The summed E-state index contributed by atoms with van der Waals surface area (Å²) >= 11 is 0. The molecule has 1 unspecified atom stereocenters. The number of carbonyl (C=O) groups excluding carboxylic acids is 1. The number of aliphatic hydroxyl groups excluding tert-OH is 1. The highest BCUT2D eigenvalue weighted by atomic mass is 16.3. The minimum Gasteiger partial charge on any atom is -0.392 e. The first-order valence-corrected chi connectivity index (χ1v) is 4.35. The molecule has 70 valence electrons. The zero-order valence-corrected chi connectivity index (χ0v) is 7.42. The summed E-state index contributed by atoms with van der Waals surface area (Å²) < 4.78 is 0. The minimum absolute atomic E-state index is 0.114. The SMILES string of the molecule is CC(O)CN1CCNC(=O)CC1. The first kappa shape index (κ1) is 9.48. The zero-order valence-electron chi connectivity index (χ0n) is 7.42. The van der Waals surface area contributed by atoms with Gasteiger partial charge in [0.1, 0.15) is 0 Å². The van der Waals surface area contributed by atoms with Crippen LogP contribution < -0.4 is 5.32 Å². The van der Waals surface area contributed by atoms with Crippen molar-refractivity contribution in [1.29, 1.82) is 0 Å². The van der Waals surface area contributed by atoms with Gasteiger partial charge in [-0.1, -0.05) is 0 Å². The van der Waals surface area contributed by atoms with Crippen molar-refractivity contribution in [2.45, 2.75) is 19.4 Å². The lowest BCUT2D eigenvalue weighted by Gasteiger charge is -2.20. The lowest BCUT2D eigenvalue weighted by atomic mass is 10.3. The van der Waals surface area contributed by atoms with Crippen molar-refractivity contribution in [2.75, 3.05) is 26.2 Å². The van der Waals surface area contributed by atoms with E-state index in [1.807, 2.05) is 0 Å². The zero-order chi connectivity index (χ0) is 8.97. The Kier molecular flexibility index (Phi) is 3.49. The van der Waals surface area contributed by atoms with Crippen LogP contribution in [0.15, 0.2) is 0 Å². The standard InChI is InChI=1S/C8H16N2O2/c1-7(11)6-10-4-2-8(12)9-3-5-10/h7,11H,2-6H2,1H3,(H,9,12). The molecule has 0 radical (unpaired) electrons. The lowest BCUT2D eigenvalue weighted by molar-refractivity contribution is -0.120. The van der Waals surface area contributed by atoms with Gasteiger partial charge in [0, 0.05) is 32.6 Å². The Balaban J connectivity index is 2.30. The van der Waals surface area contributed by atoms with Crippen molar-refractivity contribution in [3.8, 4) is 0 Å². The molecule has 1 aliphatic rings. The smallest absolute Gasteiger partial charge is 0.221 e. The Hall–Kier alpha value is -0.610. The molecule has 1 amide bonds. The molecule has 0 aliphatic carbocycles. The molecule has 0 aromatic carbocycles. The fraction of sp³-hybridized carbons (Fsp3) is 0.875. The van der Waals surface area contributed by atoms with Crippen LogP contribution in [0.2, 0.25) is 0 Å². The van der Waals surface area contributed by atoms with Crippen LogP contribution in [-0.2, 0) is 4.79 Å². The van der Waals surface area contributed by atoms with Crippen LogP contribution in [0.3, 0.4) is 0 Å². The Bertz CT molecular complexity index is 159.